The predicted octanol–water partition coefficient (Wildman–Crippen LogP) is 2.09. The van der Waals surface area contributed by atoms with Crippen molar-refractivity contribution in [3.63, 3.8) is 0 Å². The lowest BCUT2D eigenvalue weighted by atomic mass is 9.88. The molecule has 2 rings (SSSR count). The Balaban J connectivity index is 1.68. The highest BCUT2D eigenvalue weighted by Gasteiger charge is 2.28. The fraction of sp³-hybridized carbons (Fsp3) is 1.00. The summed E-state index contributed by atoms with van der Waals surface area (Å²) in [4.78, 5) is 0. The Morgan fingerprint density at radius 3 is 2.76 bits per heavy atom. The van der Waals surface area contributed by atoms with Gasteiger partial charge in [0.25, 0.3) is 0 Å². The van der Waals surface area contributed by atoms with E-state index >= 15 is 0 Å². The number of hydrogen-bond acceptors (Lipinski definition) is 3. The number of morpholine rings is 1. The van der Waals surface area contributed by atoms with Crippen LogP contribution in [0, 0.1) is 5.92 Å². The van der Waals surface area contributed by atoms with Crippen LogP contribution in [0.25, 0.3) is 0 Å². The number of nitrogens with one attached hydrogen (secondary N) is 1. The predicted molar refractivity (Wildman–Crippen MR) is 69.0 cm³/mol. The zero-order valence-electron chi connectivity index (χ0n) is 11.1. The third-order valence-electron chi connectivity index (χ3n) is 4.25. The van der Waals surface area contributed by atoms with Gasteiger partial charge in [-0.25, -0.2) is 0 Å². The van der Waals surface area contributed by atoms with E-state index < -0.39 is 5.60 Å². The molecule has 1 saturated carbocycles. The molecule has 2 atom stereocenters. The minimum Gasteiger partial charge on any atom is -0.390 e. The molecule has 0 aromatic rings. The zero-order valence-corrected chi connectivity index (χ0v) is 11.1. The summed E-state index contributed by atoms with van der Waals surface area (Å²) in [7, 11) is 0. The Morgan fingerprint density at radius 2 is 2.12 bits per heavy atom. The van der Waals surface area contributed by atoms with Crippen molar-refractivity contribution in [1.29, 1.82) is 0 Å². The van der Waals surface area contributed by atoms with Gasteiger partial charge in [0.2, 0.25) is 0 Å². The second kappa shape index (κ2) is 6.17. The topological polar surface area (TPSA) is 41.5 Å². The standard InChI is InChI=1S/C14H27NO2/c1-14(16,7-6-12-4-2-3-5-12)10-13-11-17-9-8-15-13/h12-13,15-16H,2-11H2,1H3. The van der Waals surface area contributed by atoms with E-state index in [1.165, 1.54) is 32.1 Å². The molecular formula is C14H27NO2. The van der Waals surface area contributed by atoms with Gasteiger partial charge in [0.1, 0.15) is 0 Å². The lowest BCUT2D eigenvalue weighted by Gasteiger charge is -2.32. The van der Waals surface area contributed by atoms with Crippen LogP contribution in [0.5, 0.6) is 0 Å². The fourth-order valence-corrected chi connectivity index (χ4v) is 3.20. The van der Waals surface area contributed by atoms with Crippen molar-refractivity contribution < 1.29 is 9.84 Å². The minimum atomic E-state index is -0.527. The monoisotopic (exact) mass is 241 g/mol. The Labute approximate surface area is 105 Å². The smallest absolute Gasteiger partial charge is 0.0635 e. The van der Waals surface area contributed by atoms with Gasteiger partial charge in [0.05, 0.1) is 18.8 Å². The highest BCUT2D eigenvalue weighted by Crippen LogP contribution is 2.31. The van der Waals surface area contributed by atoms with Crippen molar-refractivity contribution in [2.45, 2.75) is 63.5 Å². The maximum absolute atomic E-state index is 10.4. The molecule has 0 aromatic carbocycles. The summed E-state index contributed by atoms with van der Waals surface area (Å²) in [6.45, 7) is 4.46. The van der Waals surface area contributed by atoms with Crippen molar-refractivity contribution in [2.24, 2.45) is 5.92 Å². The van der Waals surface area contributed by atoms with Crippen LogP contribution in [-0.2, 0) is 4.74 Å². The van der Waals surface area contributed by atoms with Gasteiger partial charge in [-0.3, -0.25) is 0 Å². The molecule has 3 nitrogen and oxygen atoms in total. The van der Waals surface area contributed by atoms with Crippen LogP contribution in [0.3, 0.4) is 0 Å². The van der Waals surface area contributed by atoms with Crippen LogP contribution in [0.1, 0.15) is 51.9 Å². The highest BCUT2D eigenvalue weighted by atomic mass is 16.5. The molecule has 1 aliphatic carbocycles. The van der Waals surface area contributed by atoms with Crippen LogP contribution in [-0.4, -0.2) is 36.5 Å². The van der Waals surface area contributed by atoms with Gasteiger partial charge >= 0.3 is 0 Å². The van der Waals surface area contributed by atoms with Gasteiger partial charge < -0.3 is 15.2 Å². The molecule has 0 radical (unpaired) electrons. The molecular weight excluding hydrogens is 214 g/mol. The van der Waals surface area contributed by atoms with E-state index in [0.29, 0.717) is 6.04 Å². The quantitative estimate of drug-likeness (QED) is 0.774. The SMILES string of the molecule is CC(O)(CCC1CCCC1)CC1COCCN1. The Morgan fingerprint density at radius 1 is 1.35 bits per heavy atom. The zero-order chi connectivity index (χ0) is 12.1. The maximum Gasteiger partial charge on any atom is 0.0635 e. The Bertz CT molecular complexity index is 218. The van der Waals surface area contributed by atoms with Crippen molar-refractivity contribution in [1.82, 2.24) is 5.32 Å². The first-order valence-electron chi connectivity index (χ1n) is 7.19. The average molecular weight is 241 g/mol. The molecule has 0 spiro atoms. The third-order valence-corrected chi connectivity index (χ3v) is 4.25. The van der Waals surface area contributed by atoms with Gasteiger partial charge in [0, 0.05) is 12.6 Å². The summed E-state index contributed by atoms with van der Waals surface area (Å²) in [5, 5.41) is 13.8. The average Bonchev–Trinajstić information content (AvgIpc) is 2.80. The van der Waals surface area contributed by atoms with E-state index in [-0.39, 0.29) is 0 Å². The van der Waals surface area contributed by atoms with Gasteiger partial charge in [-0.15, -0.1) is 0 Å². The van der Waals surface area contributed by atoms with Crippen molar-refractivity contribution in [3.8, 4) is 0 Å². The summed E-state index contributed by atoms with van der Waals surface area (Å²) in [5.41, 5.74) is -0.527. The number of hydrogen-bond donors (Lipinski definition) is 2. The molecule has 3 heteroatoms. The Hall–Kier alpha value is -0.120. The summed E-state index contributed by atoms with van der Waals surface area (Å²) in [5.74, 6) is 0.872. The molecule has 100 valence electrons. The van der Waals surface area contributed by atoms with Crippen molar-refractivity contribution in [3.05, 3.63) is 0 Å². The summed E-state index contributed by atoms with van der Waals surface area (Å²) in [6, 6.07) is 0.335. The van der Waals surface area contributed by atoms with Crippen LogP contribution in [0.2, 0.25) is 0 Å². The van der Waals surface area contributed by atoms with Crippen LogP contribution in [0.15, 0.2) is 0 Å². The van der Waals surface area contributed by atoms with Gasteiger partial charge in [-0.1, -0.05) is 25.7 Å². The van der Waals surface area contributed by atoms with E-state index in [1.807, 2.05) is 6.92 Å². The van der Waals surface area contributed by atoms with Crippen molar-refractivity contribution >= 4 is 0 Å². The summed E-state index contributed by atoms with van der Waals surface area (Å²) >= 11 is 0. The lowest BCUT2D eigenvalue weighted by molar-refractivity contribution is -0.00260. The second-order valence-electron chi connectivity index (χ2n) is 6.12. The lowest BCUT2D eigenvalue weighted by Crippen LogP contribution is -2.46. The van der Waals surface area contributed by atoms with Crippen LogP contribution in [0.4, 0.5) is 0 Å². The summed E-state index contributed by atoms with van der Waals surface area (Å²) < 4.78 is 5.43. The molecule has 2 fully saturated rings. The Kier molecular flexibility index (Phi) is 4.83. The third kappa shape index (κ3) is 4.57. The fourth-order valence-electron chi connectivity index (χ4n) is 3.20. The number of aliphatic hydroxyl groups is 1. The molecule has 0 aromatic heterocycles. The molecule has 2 unspecified atom stereocenters. The van der Waals surface area contributed by atoms with Gasteiger partial charge in [-0.05, 0) is 32.1 Å². The summed E-state index contributed by atoms with van der Waals surface area (Å²) in [6.07, 6.45) is 8.49. The molecule has 17 heavy (non-hydrogen) atoms. The first-order valence-corrected chi connectivity index (χ1v) is 7.19. The number of ether oxygens (including phenoxy) is 1. The van der Waals surface area contributed by atoms with E-state index in [1.54, 1.807) is 0 Å². The molecule has 2 N–H and O–H groups in total. The minimum absolute atomic E-state index is 0.335. The van der Waals surface area contributed by atoms with Crippen LogP contribution >= 0.6 is 0 Å². The van der Waals surface area contributed by atoms with Gasteiger partial charge in [0.15, 0.2) is 0 Å². The van der Waals surface area contributed by atoms with Crippen molar-refractivity contribution in [2.75, 3.05) is 19.8 Å². The molecule has 1 aliphatic heterocycles. The van der Waals surface area contributed by atoms with Crippen LogP contribution < -0.4 is 5.32 Å². The van der Waals surface area contributed by atoms with E-state index in [0.717, 1.165) is 38.5 Å². The molecule has 0 amide bonds. The normalized spacial score (nSPS) is 30.4. The molecule has 0 bridgehead atoms. The largest absolute Gasteiger partial charge is 0.390 e. The van der Waals surface area contributed by atoms with E-state index in [4.69, 9.17) is 4.74 Å². The van der Waals surface area contributed by atoms with Gasteiger partial charge in [-0.2, -0.15) is 0 Å². The second-order valence-corrected chi connectivity index (χ2v) is 6.12. The first-order chi connectivity index (χ1) is 8.16. The molecule has 1 heterocycles. The van der Waals surface area contributed by atoms with E-state index in [2.05, 4.69) is 5.32 Å². The van der Waals surface area contributed by atoms with E-state index in [9.17, 15) is 5.11 Å². The molecule has 2 aliphatic rings. The highest BCUT2D eigenvalue weighted by molar-refractivity contribution is 4.83. The maximum atomic E-state index is 10.4. The first kappa shape index (κ1) is 13.3. The molecule has 1 saturated heterocycles. The number of rotatable bonds is 5.